The fourth-order valence-electron chi connectivity index (χ4n) is 3.95. The van der Waals surface area contributed by atoms with Gasteiger partial charge in [-0.25, -0.2) is 0 Å². The van der Waals surface area contributed by atoms with Gasteiger partial charge in [0.15, 0.2) is 0 Å². The number of amides is 1. The lowest BCUT2D eigenvalue weighted by atomic mass is 9.76. The Morgan fingerprint density at radius 1 is 1.36 bits per heavy atom. The standard InChI is InChI=1S/C17H27N3O2/c1-17(12-21,13-7-3-2-4-8-13)19-16(22)14-11-18-20-10-6-5-9-15(14)20/h11,13,21H,2-10,12H2,1H3,(H,19,22). The molecule has 1 fully saturated rings. The monoisotopic (exact) mass is 305 g/mol. The van der Waals surface area contributed by atoms with E-state index in [1.807, 2.05) is 11.6 Å². The lowest BCUT2D eigenvalue weighted by Crippen LogP contribution is -2.54. The second-order valence-electron chi connectivity index (χ2n) is 7.05. The van der Waals surface area contributed by atoms with Gasteiger partial charge in [0.05, 0.1) is 29.6 Å². The Morgan fingerprint density at radius 2 is 2.14 bits per heavy atom. The summed E-state index contributed by atoms with van der Waals surface area (Å²) in [5.41, 5.74) is 1.21. The normalized spacial score (nSPS) is 21.9. The van der Waals surface area contributed by atoms with Crippen molar-refractivity contribution >= 4 is 5.91 Å². The van der Waals surface area contributed by atoms with E-state index in [1.165, 1.54) is 19.3 Å². The molecule has 1 aromatic rings. The molecule has 1 aliphatic heterocycles. The molecule has 5 heteroatoms. The Kier molecular flexibility index (Phi) is 4.52. The maximum atomic E-state index is 12.7. The summed E-state index contributed by atoms with van der Waals surface area (Å²) < 4.78 is 1.95. The first-order valence-corrected chi connectivity index (χ1v) is 8.62. The molecular weight excluding hydrogens is 278 g/mol. The molecule has 2 heterocycles. The molecule has 1 aromatic heterocycles. The maximum Gasteiger partial charge on any atom is 0.255 e. The van der Waals surface area contributed by atoms with Gasteiger partial charge in [-0.2, -0.15) is 5.10 Å². The van der Waals surface area contributed by atoms with E-state index >= 15 is 0 Å². The third-order valence-corrected chi connectivity index (χ3v) is 5.46. The highest BCUT2D eigenvalue weighted by atomic mass is 16.3. The summed E-state index contributed by atoms with van der Waals surface area (Å²) in [4.78, 5) is 12.7. The summed E-state index contributed by atoms with van der Waals surface area (Å²) in [6.07, 6.45) is 10.7. The van der Waals surface area contributed by atoms with Crippen LogP contribution in [0.25, 0.3) is 0 Å². The molecule has 122 valence electrons. The number of nitrogens with one attached hydrogen (secondary N) is 1. The van der Waals surface area contributed by atoms with Crippen LogP contribution in [-0.4, -0.2) is 32.9 Å². The number of nitrogens with zero attached hydrogens (tertiary/aromatic N) is 2. The van der Waals surface area contributed by atoms with Crippen LogP contribution >= 0.6 is 0 Å². The molecular formula is C17H27N3O2. The minimum atomic E-state index is -0.527. The van der Waals surface area contributed by atoms with E-state index in [1.54, 1.807) is 6.20 Å². The first-order chi connectivity index (χ1) is 10.6. The number of carbonyl (C=O) groups is 1. The number of aromatic nitrogens is 2. The highest BCUT2D eigenvalue weighted by molar-refractivity contribution is 5.95. The van der Waals surface area contributed by atoms with Gasteiger partial charge in [-0.15, -0.1) is 0 Å². The topological polar surface area (TPSA) is 67.2 Å². The van der Waals surface area contributed by atoms with Crippen LogP contribution in [0.5, 0.6) is 0 Å². The number of rotatable bonds is 4. The summed E-state index contributed by atoms with van der Waals surface area (Å²) in [6.45, 7) is 2.88. The van der Waals surface area contributed by atoms with Crippen molar-refractivity contribution in [3.8, 4) is 0 Å². The minimum Gasteiger partial charge on any atom is -0.394 e. The Labute approximate surface area is 132 Å². The first kappa shape index (κ1) is 15.5. The van der Waals surface area contributed by atoms with E-state index in [0.29, 0.717) is 11.5 Å². The van der Waals surface area contributed by atoms with Gasteiger partial charge in [-0.05, 0) is 44.9 Å². The summed E-state index contributed by atoms with van der Waals surface area (Å²) in [5.74, 6) is 0.284. The Bertz CT molecular complexity index is 534. The van der Waals surface area contributed by atoms with Crippen molar-refractivity contribution in [1.82, 2.24) is 15.1 Å². The van der Waals surface area contributed by atoms with Crippen LogP contribution in [0.15, 0.2) is 6.20 Å². The second-order valence-corrected chi connectivity index (χ2v) is 7.05. The van der Waals surface area contributed by atoms with Crippen LogP contribution in [0.1, 0.15) is 67.9 Å². The molecule has 3 rings (SSSR count). The predicted octanol–water partition coefficient (Wildman–Crippen LogP) is 2.28. The van der Waals surface area contributed by atoms with E-state index in [-0.39, 0.29) is 12.5 Å². The van der Waals surface area contributed by atoms with Crippen molar-refractivity contribution < 1.29 is 9.90 Å². The molecule has 5 nitrogen and oxygen atoms in total. The molecule has 0 radical (unpaired) electrons. The molecule has 0 aromatic carbocycles. The summed E-state index contributed by atoms with van der Waals surface area (Å²) in [5, 5.41) is 17.3. The molecule has 1 aliphatic carbocycles. The average Bonchev–Trinajstić information content (AvgIpc) is 2.99. The van der Waals surface area contributed by atoms with E-state index in [9.17, 15) is 9.90 Å². The zero-order valence-corrected chi connectivity index (χ0v) is 13.5. The van der Waals surface area contributed by atoms with Gasteiger partial charge in [-0.1, -0.05) is 19.3 Å². The largest absolute Gasteiger partial charge is 0.394 e. The summed E-state index contributed by atoms with van der Waals surface area (Å²) in [7, 11) is 0. The van der Waals surface area contributed by atoms with Crippen molar-refractivity contribution in [3.63, 3.8) is 0 Å². The molecule has 0 bridgehead atoms. The van der Waals surface area contributed by atoms with Crippen LogP contribution in [0.3, 0.4) is 0 Å². The van der Waals surface area contributed by atoms with Crippen molar-refractivity contribution in [2.45, 2.75) is 70.4 Å². The first-order valence-electron chi connectivity index (χ1n) is 8.62. The fraction of sp³-hybridized carbons (Fsp3) is 0.765. The SMILES string of the molecule is CC(CO)(NC(=O)c1cnn2c1CCCC2)C1CCCCC1. The van der Waals surface area contributed by atoms with Gasteiger partial charge in [0, 0.05) is 6.54 Å². The van der Waals surface area contributed by atoms with Gasteiger partial charge >= 0.3 is 0 Å². The molecule has 2 aliphatic rings. The minimum absolute atomic E-state index is 0.00707. The van der Waals surface area contributed by atoms with Crippen molar-refractivity contribution in [1.29, 1.82) is 0 Å². The number of aliphatic hydroxyl groups excluding tert-OH is 1. The van der Waals surface area contributed by atoms with Crippen LogP contribution in [0.2, 0.25) is 0 Å². The number of hydrogen-bond acceptors (Lipinski definition) is 3. The fourth-order valence-corrected chi connectivity index (χ4v) is 3.95. The number of fused-ring (bicyclic) bond motifs is 1. The van der Waals surface area contributed by atoms with E-state index in [4.69, 9.17) is 0 Å². The van der Waals surface area contributed by atoms with Gasteiger partial charge in [-0.3, -0.25) is 9.48 Å². The molecule has 0 saturated heterocycles. The zero-order chi connectivity index (χ0) is 15.6. The smallest absolute Gasteiger partial charge is 0.255 e. The molecule has 1 saturated carbocycles. The second kappa shape index (κ2) is 6.41. The van der Waals surface area contributed by atoms with E-state index < -0.39 is 5.54 Å². The summed E-state index contributed by atoms with van der Waals surface area (Å²) in [6, 6.07) is 0. The van der Waals surface area contributed by atoms with Crippen molar-refractivity contribution in [2.24, 2.45) is 5.92 Å². The Morgan fingerprint density at radius 3 is 2.86 bits per heavy atom. The summed E-state index contributed by atoms with van der Waals surface area (Å²) >= 11 is 0. The average molecular weight is 305 g/mol. The molecule has 1 amide bonds. The number of hydrogen-bond donors (Lipinski definition) is 2. The van der Waals surface area contributed by atoms with Crippen molar-refractivity contribution in [3.05, 3.63) is 17.5 Å². The molecule has 1 atom stereocenters. The third kappa shape index (κ3) is 2.91. The highest BCUT2D eigenvalue weighted by Gasteiger charge is 2.36. The predicted molar refractivity (Wildman–Crippen MR) is 84.7 cm³/mol. The molecule has 2 N–H and O–H groups in total. The molecule has 0 spiro atoms. The number of aryl methyl sites for hydroxylation is 1. The van der Waals surface area contributed by atoms with Gasteiger partial charge in [0.25, 0.3) is 5.91 Å². The quantitative estimate of drug-likeness (QED) is 0.897. The van der Waals surface area contributed by atoms with Crippen LogP contribution in [0, 0.1) is 5.92 Å². The Hall–Kier alpha value is -1.36. The zero-order valence-electron chi connectivity index (χ0n) is 13.5. The number of carbonyl (C=O) groups excluding carboxylic acids is 1. The van der Waals surface area contributed by atoms with Crippen molar-refractivity contribution in [2.75, 3.05) is 6.61 Å². The third-order valence-electron chi connectivity index (χ3n) is 5.46. The lowest BCUT2D eigenvalue weighted by Gasteiger charge is -2.39. The van der Waals surface area contributed by atoms with Gasteiger partial charge in [0.2, 0.25) is 0 Å². The molecule has 22 heavy (non-hydrogen) atoms. The van der Waals surface area contributed by atoms with Crippen LogP contribution in [0.4, 0.5) is 0 Å². The van der Waals surface area contributed by atoms with E-state index in [0.717, 1.165) is 44.3 Å². The number of aliphatic hydroxyl groups is 1. The molecule has 1 unspecified atom stereocenters. The Balaban J connectivity index is 1.75. The van der Waals surface area contributed by atoms with Gasteiger partial charge in [0.1, 0.15) is 0 Å². The maximum absolute atomic E-state index is 12.7. The van der Waals surface area contributed by atoms with Crippen LogP contribution in [-0.2, 0) is 13.0 Å². The van der Waals surface area contributed by atoms with Gasteiger partial charge < -0.3 is 10.4 Å². The van der Waals surface area contributed by atoms with Crippen LogP contribution < -0.4 is 5.32 Å². The lowest BCUT2D eigenvalue weighted by molar-refractivity contribution is 0.0678. The van der Waals surface area contributed by atoms with E-state index in [2.05, 4.69) is 10.4 Å². The highest BCUT2D eigenvalue weighted by Crippen LogP contribution is 2.33.